The first-order valence-corrected chi connectivity index (χ1v) is 5.43. The third-order valence-electron chi connectivity index (χ3n) is 1.66. The highest BCUT2D eigenvalue weighted by Crippen LogP contribution is 2.21. The van der Waals surface area contributed by atoms with E-state index in [0.717, 1.165) is 4.88 Å². The summed E-state index contributed by atoms with van der Waals surface area (Å²) >= 11 is 7.18. The van der Waals surface area contributed by atoms with Crippen LogP contribution in [0, 0.1) is 0 Å². The van der Waals surface area contributed by atoms with Crippen molar-refractivity contribution < 1.29 is 14.3 Å². The second-order valence-corrected chi connectivity index (χ2v) is 4.50. The van der Waals surface area contributed by atoms with Crippen LogP contribution in [-0.2, 0) is 20.7 Å². The van der Waals surface area contributed by atoms with Gasteiger partial charge in [-0.1, -0.05) is 11.6 Å². The van der Waals surface area contributed by atoms with Crippen molar-refractivity contribution in [3.05, 3.63) is 21.3 Å². The molecule has 1 rings (SSSR count). The first kappa shape index (κ1) is 12.0. The minimum absolute atomic E-state index is 0.394. The predicted molar refractivity (Wildman–Crippen MR) is 58.1 cm³/mol. The lowest BCUT2D eigenvalue weighted by Gasteiger charge is -2.01. The lowest BCUT2D eigenvalue weighted by molar-refractivity contribution is -0.152. The highest BCUT2D eigenvalue weighted by atomic mass is 35.5. The summed E-state index contributed by atoms with van der Waals surface area (Å²) in [6.07, 6.45) is 0.653. The van der Waals surface area contributed by atoms with E-state index in [9.17, 15) is 9.59 Å². The number of halogens is 1. The zero-order valence-corrected chi connectivity index (χ0v) is 9.65. The number of ether oxygens (including phenoxy) is 1. The molecule has 0 aliphatic heterocycles. The summed E-state index contributed by atoms with van der Waals surface area (Å²) in [5, 5.41) is 2.44. The molecule has 1 amide bonds. The van der Waals surface area contributed by atoms with Gasteiger partial charge in [0.15, 0.2) is 0 Å². The third-order valence-corrected chi connectivity index (χ3v) is 2.95. The molecule has 1 N–H and O–H groups in total. The number of carbonyl (C=O) groups is 2. The van der Waals surface area contributed by atoms with Gasteiger partial charge in [-0.2, -0.15) is 0 Å². The fraction of sp³-hybridized carbons (Fsp3) is 0.333. The van der Waals surface area contributed by atoms with Crippen molar-refractivity contribution in [2.24, 2.45) is 0 Å². The van der Waals surface area contributed by atoms with Gasteiger partial charge in [-0.05, 0) is 18.6 Å². The van der Waals surface area contributed by atoms with Crippen LogP contribution < -0.4 is 5.32 Å². The second-order valence-electron chi connectivity index (χ2n) is 2.70. The largest absolute Gasteiger partial charge is 0.462 e. The van der Waals surface area contributed by atoms with Crippen LogP contribution in [0.5, 0.6) is 0 Å². The molecule has 0 bridgehead atoms. The molecule has 0 spiro atoms. The lowest BCUT2D eigenvalue weighted by atomic mass is 10.3. The van der Waals surface area contributed by atoms with E-state index in [1.165, 1.54) is 18.4 Å². The highest BCUT2D eigenvalue weighted by molar-refractivity contribution is 7.16. The molecule has 1 heterocycles. The van der Waals surface area contributed by atoms with E-state index in [1.54, 1.807) is 6.07 Å². The van der Waals surface area contributed by atoms with Crippen LogP contribution in [0.1, 0.15) is 4.88 Å². The number of hydrogen-bond donors (Lipinski definition) is 1. The normalized spacial score (nSPS) is 9.73. The molecular formula is C9H10ClNO3S. The van der Waals surface area contributed by atoms with Crippen molar-refractivity contribution in [2.45, 2.75) is 6.42 Å². The lowest BCUT2D eigenvalue weighted by Crippen LogP contribution is -2.33. The first-order chi connectivity index (χ1) is 7.13. The standard InChI is InChI=1S/C9H10ClNO3S/c1-14-9(13)8(12)11-5-4-6-2-3-7(10)15-6/h2-3H,4-5H2,1H3,(H,11,12). The Kier molecular flexibility index (Phi) is 4.58. The van der Waals surface area contributed by atoms with Gasteiger partial charge >= 0.3 is 11.9 Å². The maximum atomic E-state index is 11.0. The summed E-state index contributed by atoms with van der Waals surface area (Å²) in [6, 6.07) is 3.68. The van der Waals surface area contributed by atoms with E-state index < -0.39 is 11.9 Å². The number of hydrogen-bond acceptors (Lipinski definition) is 4. The average Bonchev–Trinajstić information content (AvgIpc) is 2.63. The van der Waals surface area contributed by atoms with Gasteiger partial charge < -0.3 is 10.1 Å². The van der Waals surface area contributed by atoms with Crippen molar-refractivity contribution in [1.82, 2.24) is 5.32 Å². The fourth-order valence-electron chi connectivity index (χ4n) is 0.950. The maximum Gasteiger partial charge on any atom is 0.396 e. The summed E-state index contributed by atoms with van der Waals surface area (Å²) in [4.78, 5) is 22.7. The molecule has 0 atom stereocenters. The van der Waals surface area contributed by atoms with Crippen LogP contribution in [0.2, 0.25) is 4.34 Å². The Morgan fingerprint density at radius 2 is 2.27 bits per heavy atom. The Morgan fingerprint density at radius 3 is 2.80 bits per heavy atom. The smallest absolute Gasteiger partial charge is 0.396 e. The van der Waals surface area contributed by atoms with Crippen molar-refractivity contribution in [3.8, 4) is 0 Å². The Labute approximate surface area is 96.2 Å². The van der Waals surface area contributed by atoms with E-state index in [0.29, 0.717) is 17.3 Å². The van der Waals surface area contributed by atoms with E-state index in [1.807, 2.05) is 6.07 Å². The molecule has 4 nitrogen and oxygen atoms in total. The minimum atomic E-state index is -0.876. The molecule has 0 saturated carbocycles. The number of nitrogens with one attached hydrogen (secondary N) is 1. The molecule has 15 heavy (non-hydrogen) atoms. The fourth-order valence-corrected chi connectivity index (χ4v) is 2.04. The molecule has 0 saturated heterocycles. The molecule has 1 aromatic rings. The van der Waals surface area contributed by atoms with Crippen molar-refractivity contribution in [3.63, 3.8) is 0 Å². The molecule has 0 aliphatic carbocycles. The Hall–Kier alpha value is -1.07. The van der Waals surface area contributed by atoms with Gasteiger partial charge in [0.1, 0.15) is 0 Å². The van der Waals surface area contributed by atoms with Gasteiger partial charge in [0.25, 0.3) is 0 Å². The van der Waals surface area contributed by atoms with Crippen LogP contribution in [0.3, 0.4) is 0 Å². The van der Waals surface area contributed by atoms with Gasteiger partial charge in [0.2, 0.25) is 0 Å². The van der Waals surface area contributed by atoms with Crippen LogP contribution in [0.4, 0.5) is 0 Å². The summed E-state index contributed by atoms with van der Waals surface area (Å²) in [7, 11) is 1.17. The number of thiophene rings is 1. The molecule has 0 fully saturated rings. The Morgan fingerprint density at radius 1 is 1.53 bits per heavy atom. The molecule has 0 aliphatic rings. The van der Waals surface area contributed by atoms with Gasteiger partial charge in [-0.3, -0.25) is 4.79 Å². The maximum absolute atomic E-state index is 11.0. The van der Waals surface area contributed by atoms with Crippen molar-refractivity contribution in [2.75, 3.05) is 13.7 Å². The summed E-state index contributed by atoms with van der Waals surface area (Å²) in [6.45, 7) is 0.394. The van der Waals surface area contributed by atoms with Gasteiger partial charge in [-0.15, -0.1) is 11.3 Å². The second kappa shape index (κ2) is 5.72. The topological polar surface area (TPSA) is 55.4 Å². The molecule has 0 radical (unpaired) electrons. The number of carbonyl (C=O) groups excluding carboxylic acids is 2. The molecule has 0 unspecified atom stereocenters. The Balaban J connectivity index is 2.27. The van der Waals surface area contributed by atoms with Gasteiger partial charge in [0.05, 0.1) is 11.4 Å². The van der Waals surface area contributed by atoms with E-state index in [4.69, 9.17) is 11.6 Å². The van der Waals surface area contributed by atoms with Crippen molar-refractivity contribution in [1.29, 1.82) is 0 Å². The Bertz CT molecular complexity index is 364. The zero-order valence-electron chi connectivity index (χ0n) is 8.08. The van der Waals surface area contributed by atoms with Gasteiger partial charge in [-0.25, -0.2) is 4.79 Å². The summed E-state index contributed by atoms with van der Waals surface area (Å²) in [5.74, 6) is -1.60. The molecule has 1 aromatic heterocycles. The predicted octanol–water partition coefficient (Wildman–Crippen LogP) is 1.23. The van der Waals surface area contributed by atoms with Crippen LogP contribution in [0.25, 0.3) is 0 Å². The quantitative estimate of drug-likeness (QED) is 0.646. The minimum Gasteiger partial charge on any atom is -0.462 e. The van der Waals surface area contributed by atoms with E-state index in [-0.39, 0.29) is 0 Å². The SMILES string of the molecule is COC(=O)C(=O)NCCc1ccc(Cl)s1. The van der Waals surface area contributed by atoms with E-state index in [2.05, 4.69) is 10.1 Å². The zero-order chi connectivity index (χ0) is 11.3. The van der Waals surface area contributed by atoms with Crippen LogP contribution in [0.15, 0.2) is 12.1 Å². The van der Waals surface area contributed by atoms with Gasteiger partial charge in [0, 0.05) is 11.4 Å². The molecule has 6 heteroatoms. The monoisotopic (exact) mass is 247 g/mol. The van der Waals surface area contributed by atoms with Crippen LogP contribution in [-0.4, -0.2) is 25.5 Å². The highest BCUT2D eigenvalue weighted by Gasteiger charge is 2.12. The third kappa shape index (κ3) is 3.89. The number of rotatable bonds is 3. The van der Waals surface area contributed by atoms with Crippen LogP contribution >= 0.6 is 22.9 Å². The molecule has 0 aromatic carbocycles. The average molecular weight is 248 g/mol. The molecular weight excluding hydrogens is 238 g/mol. The van der Waals surface area contributed by atoms with E-state index >= 15 is 0 Å². The summed E-state index contributed by atoms with van der Waals surface area (Å²) in [5.41, 5.74) is 0. The summed E-state index contributed by atoms with van der Waals surface area (Å²) < 4.78 is 4.96. The number of esters is 1. The molecule has 82 valence electrons. The number of methoxy groups -OCH3 is 1. The first-order valence-electron chi connectivity index (χ1n) is 4.24. The number of amides is 1. The van der Waals surface area contributed by atoms with Crippen molar-refractivity contribution >= 4 is 34.8 Å².